The van der Waals surface area contributed by atoms with Crippen LogP contribution in [0.5, 0.6) is 0 Å². The monoisotopic (exact) mass is 435 g/mol. The third-order valence-corrected chi connectivity index (χ3v) is 4.53. The van der Waals surface area contributed by atoms with Crippen molar-refractivity contribution >= 4 is 17.9 Å². The highest BCUT2D eigenvalue weighted by Crippen LogP contribution is 2.23. The zero-order valence-electron chi connectivity index (χ0n) is 18.8. The van der Waals surface area contributed by atoms with Gasteiger partial charge in [0, 0.05) is 19.2 Å². The molecule has 0 bridgehead atoms. The molecule has 2 aromatic rings. The maximum atomic E-state index is 13.2. The Morgan fingerprint density at radius 1 is 1.03 bits per heavy atom. The molecule has 0 aliphatic heterocycles. The molecule has 2 N–H and O–H groups in total. The van der Waals surface area contributed by atoms with Crippen LogP contribution in [0.3, 0.4) is 0 Å². The molecule has 1 unspecified atom stereocenters. The number of carbonyl (C=O) groups is 3. The number of nitrogens with one attached hydrogen (secondary N) is 2. The lowest BCUT2D eigenvalue weighted by Gasteiger charge is -2.29. The summed E-state index contributed by atoms with van der Waals surface area (Å²) in [5.41, 5.74) is 1.26. The number of hydrogen-bond acceptors (Lipinski definition) is 4. The molecule has 7 nitrogen and oxygen atoms in total. The molecule has 0 saturated heterocycles. The average Bonchev–Trinajstić information content (AvgIpc) is 2.76. The molecular weight excluding hydrogens is 406 g/mol. The maximum Gasteiger partial charge on any atom is 0.408 e. The summed E-state index contributed by atoms with van der Waals surface area (Å²) in [6.45, 7) is 5.15. The number of carbonyl (C=O) groups excluding carboxylic acids is 3. The van der Waals surface area contributed by atoms with Gasteiger partial charge in [-0.15, -0.1) is 6.42 Å². The predicted molar refractivity (Wildman–Crippen MR) is 122 cm³/mol. The first-order valence-corrected chi connectivity index (χ1v) is 10.2. The van der Waals surface area contributed by atoms with Gasteiger partial charge in [-0.2, -0.15) is 0 Å². The summed E-state index contributed by atoms with van der Waals surface area (Å²) in [7, 11) is 1.50. The third kappa shape index (κ3) is 7.17. The number of hydrogen-bond donors (Lipinski definition) is 2. The van der Waals surface area contributed by atoms with E-state index in [1.54, 1.807) is 45.0 Å². The minimum Gasteiger partial charge on any atom is -0.444 e. The molecule has 168 valence electrons. The van der Waals surface area contributed by atoms with E-state index < -0.39 is 23.6 Å². The summed E-state index contributed by atoms with van der Waals surface area (Å²) in [5.74, 6) is 1.71. The van der Waals surface area contributed by atoms with Crippen LogP contribution < -0.4 is 10.6 Å². The van der Waals surface area contributed by atoms with Crippen molar-refractivity contribution in [2.75, 3.05) is 13.6 Å². The SMILES string of the molecule is C#Cc1ccccc1C(C(=O)NCc1ccccc1)N(C)C(=O)CNC(=O)OC(C)(C)C. The molecule has 32 heavy (non-hydrogen) atoms. The number of nitrogens with zero attached hydrogens (tertiary/aromatic N) is 1. The van der Waals surface area contributed by atoms with Crippen molar-refractivity contribution in [1.82, 2.24) is 15.5 Å². The van der Waals surface area contributed by atoms with Crippen LogP contribution in [0.15, 0.2) is 54.6 Å². The van der Waals surface area contributed by atoms with Gasteiger partial charge >= 0.3 is 6.09 Å². The summed E-state index contributed by atoms with van der Waals surface area (Å²) in [5, 5.41) is 5.29. The second-order valence-electron chi connectivity index (χ2n) is 8.20. The van der Waals surface area contributed by atoms with Crippen LogP contribution in [0.1, 0.15) is 43.5 Å². The molecule has 0 radical (unpaired) electrons. The fraction of sp³-hybridized carbons (Fsp3) is 0.320. The molecule has 0 aliphatic rings. The first-order chi connectivity index (χ1) is 15.1. The van der Waals surface area contributed by atoms with Gasteiger partial charge in [0.25, 0.3) is 0 Å². The number of terminal acetylenes is 1. The summed E-state index contributed by atoms with van der Waals surface area (Å²) in [6.07, 6.45) is 4.91. The Labute approximate surface area is 189 Å². The van der Waals surface area contributed by atoms with E-state index in [0.29, 0.717) is 17.7 Å². The van der Waals surface area contributed by atoms with E-state index in [0.717, 1.165) is 5.56 Å². The summed E-state index contributed by atoms with van der Waals surface area (Å²) in [6, 6.07) is 15.4. The van der Waals surface area contributed by atoms with Gasteiger partial charge in [-0.05, 0) is 38.0 Å². The van der Waals surface area contributed by atoms with Crippen LogP contribution in [0.25, 0.3) is 0 Å². The number of alkyl carbamates (subject to hydrolysis) is 1. The molecule has 2 rings (SSSR count). The van der Waals surface area contributed by atoms with Crippen molar-refractivity contribution in [3.05, 3.63) is 71.3 Å². The number of amides is 3. The molecule has 2 aromatic carbocycles. The van der Waals surface area contributed by atoms with Gasteiger partial charge in [0.1, 0.15) is 18.2 Å². The van der Waals surface area contributed by atoms with Crippen molar-refractivity contribution in [2.24, 2.45) is 0 Å². The zero-order chi connectivity index (χ0) is 23.7. The van der Waals surface area contributed by atoms with E-state index >= 15 is 0 Å². The molecule has 0 fully saturated rings. The lowest BCUT2D eigenvalue weighted by Crippen LogP contribution is -2.46. The van der Waals surface area contributed by atoms with Gasteiger partial charge in [-0.3, -0.25) is 9.59 Å². The fourth-order valence-corrected chi connectivity index (χ4v) is 3.01. The fourth-order valence-electron chi connectivity index (χ4n) is 3.01. The van der Waals surface area contributed by atoms with E-state index in [1.165, 1.54) is 11.9 Å². The Kier molecular flexibility index (Phi) is 8.42. The smallest absolute Gasteiger partial charge is 0.408 e. The Morgan fingerprint density at radius 2 is 1.66 bits per heavy atom. The van der Waals surface area contributed by atoms with Crippen molar-refractivity contribution in [3.63, 3.8) is 0 Å². The third-order valence-electron chi connectivity index (χ3n) is 4.53. The van der Waals surface area contributed by atoms with Crippen LogP contribution in [0.4, 0.5) is 4.79 Å². The molecular formula is C25H29N3O4. The van der Waals surface area contributed by atoms with Gasteiger partial charge in [-0.1, -0.05) is 54.5 Å². The van der Waals surface area contributed by atoms with E-state index in [4.69, 9.17) is 11.2 Å². The van der Waals surface area contributed by atoms with Gasteiger partial charge in [0.05, 0.1) is 0 Å². The summed E-state index contributed by atoms with van der Waals surface area (Å²) < 4.78 is 5.16. The van der Waals surface area contributed by atoms with Crippen LogP contribution in [0, 0.1) is 12.3 Å². The standard InChI is InChI=1S/C25H29N3O4/c1-6-19-14-10-11-15-20(19)22(23(30)26-16-18-12-8-7-9-13-18)28(5)21(29)17-27-24(31)32-25(2,3)4/h1,7-15,22H,16-17H2,2-5H3,(H,26,30)(H,27,31). The highest BCUT2D eigenvalue weighted by Gasteiger charge is 2.30. The van der Waals surface area contributed by atoms with Gasteiger partial charge < -0.3 is 20.3 Å². The second kappa shape index (κ2) is 11.0. The van der Waals surface area contributed by atoms with Crippen LogP contribution >= 0.6 is 0 Å². The lowest BCUT2D eigenvalue weighted by molar-refractivity contribution is -0.138. The summed E-state index contributed by atoms with van der Waals surface area (Å²) in [4.78, 5) is 39.2. The van der Waals surface area contributed by atoms with Crippen molar-refractivity contribution in [1.29, 1.82) is 0 Å². The van der Waals surface area contributed by atoms with Crippen molar-refractivity contribution < 1.29 is 19.1 Å². The summed E-state index contributed by atoms with van der Waals surface area (Å²) >= 11 is 0. The number of ether oxygens (including phenoxy) is 1. The number of benzene rings is 2. The molecule has 0 heterocycles. The Bertz CT molecular complexity index is 990. The van der Waals surface area contributed by atoms with Gasteiger partial charge in [0.15, 0.2) is 0 Å². The lowest BCUT2D eigenvalue weighted by atomic mass is 9.98. The Hall–Kier alpha value is -3.79. The molecule has 0 aromatic heterocycles. The van der Waals surface area contributed by atoms with Crippen molar-refractivity contribution in [2.45, 2.75) is 39.0 Å². The first kappa shape index (κ1) is 24.5. The molecule has 0 aliphatic carbocycles. The Morgan fingerprint density at radius 3 is 2.28 bits per heavy atom. The van der Waals surface area contributed by atoms with E-state index in [1.807, 2.05) is 30.3 Å². The molecule has 7 heteroatoms. The average molecular weight is 436 g/mol. The number of likely N-dealkylation sites (N-methyl/N-ethyl adjacent to an activating group) is 1. The first-order valence-electron chi connectivity index (χ1n) is 10.2. The maximum absolute atomic E-state index is 13.2. The van der Waals surface area contributed by atoms with E-state index in [-0.39, 0.29) is 12.5 Å². The van der Waals surface area contributed by atoms with Gasteiger partial charge in [-0.25, -0.2) is 4.79 Å². The molecule has 3 amide bonds. The molecule has 0 saturated carbocycles. The van der Waals surface area contributed by atoms with Crippen molar-refractivity contribution in [3.8, 4) is 12.3 Å². The Balaban J connectivity index is 2.19. The second-order valence-corrected chi connectivity index (χ2v) is 8.20. The van der Waals surface area contributed by atoms with Crippen LogP contribution in [0.2, 0.25) is 0 Å². The minimum absolute atomic E-state index is 0.298. The quantitative estimate of drug-likeness (QED) is 0.655. The predicted octanol–water partition coefficient (Wildman–Crippen LogP) is 3.01. The molecule has 0 spiro atoms. The normalized spacial score (nSPS) is 11.6. The minimum atomic E-state index is -0.973. The van der Waals surface area contributed by atoms with Gasteiger partial charge in [0.2, 0.25) is 11.8 Å². The van der Waals surface area contributed by atoms with E-state index in [2.05, 4.69) is 16.6 Å². The molecule has 1 atom stereocenters. The topological polar surface area (TPSA) is 87.7 Å². The van der Waals surface area contributed by atoms with E-state index in [9.17, 15) is 14.4 Å². The van der Waals surface area contributed by atoms with Crippen LogP contribution in [-0.4, -0.2) is 42.0 Å². The highest BCUT2D eigenvalue weighted by atomic mass is 16.6. The highest BCUT2D eigenvalue weighted by molar-refractivity contribution is 5.90. The largest absolute Gasteiger partial charge is 0.444 e. The van der Waals surface area contributed by atoms with Crippen LogP contribution in [-0.2, 0) is 20.9 Å². The number of rotatable bonds is 7. The zero-order valence-corrected chi connectivity index (χ0v) is 18.8.